The predicted octanol–water partition coefficient (Wildman–Crippen LogP) is 20.0. The summed E-state index contributed by atoms with van der Waals surface area (Å²) in [5.74, 6) is 0. The van der Waals surface area contributed by atoms with Crippen LogP contribution in [0.2, 0.25) is 0 Å². The maximum atomic E-state index is 9.24. The lowest BCUT2D eigenvalue weighted by Crippen LogP contribution is -2.29. The summed E-state index contributed by atoms with van der Waals surface area (Å²) in [6.07, 6.45) is 2.04. The van der Waals surface area contributed by atoms with Gasteiger partial charge in [0.2, 0.25) is 0 Å². The minimum atomic E-state index is -1.44. The lowest BCUT2D eigenvalue weighted by molar-refractivity contribution is 0.426. The van der Waals surface area contributed by atoms with Gasteiger partial charge in [-0.1, -0.05) is 214 Å². The molecule has 0 saturated heterocycles. The van der Waals surface area contributed by atoms with Crippen LogP contribution in [0.5, 0.6) is 0 Å². The fourth-order valence-corrected chi connectivity index (χ4v) is 14.4. The first-order chi connectivity index (χ1) is 43.3. The summed E-state index contributed by atoms with van der Waals surface area (Å²) in [6, 6.07) is 104. The molecule has 0 amide bonds. The minimum Gasteiger partial charge on any atom is -0.423 e. The van der Waals surface area contributed by atoms with Gasteiger partial charge < -0.3 is 23.7 Å². The second-order valence-corrected chi connectivity index (χ2v) is 24.7. The van der Waals surface area contributed by atoms with E-state index in [9.17, 15) is 10.0 Å². The van der Waals surface area contributed by atoms with Crippen molar-refractivity contribution in [2.45, 2.75) is 12.8 Å². The Balaban J connectivity index is 0.000000137. The summed E-state index contributed by atoms with van der Waals surface area (Å²) in [6.45, 7) is 0. The van der Waals surface area contributed by atoms with Crippen LogP contribution < -0.4 is 5.46 Å². The van der Waals surface area contributed by atoms with Gasteiger partial charge in [0.1, 0.15) is 0 Å². The molecule has 2 aliphatic carbocycles. The summed E-state index contributed by atoms with van der Waals surface area (Å²) >= 11 is 7.05. The van der Waals surface area contributed by atoms with Gasteiger partial charge >= 0.3 is 7.12 Å². The zero-order valence-corrected chi connectivity index (χ0v) is 50.9. The monoisotopic (exact) mass is 1260 g/mol. The van der Waals surface area contributed by atoms with Crippen molar-refractivity contribution >= 4 is 110 Å². The molecule has 0 saturated carbocycles. The van der Waals surface area contributed by atoms with Crippen molar-refractivity contribution < 1.29 is 10.0 Å². The first kappa shape index (κ1) is 53.7. The molecule has 0 bridgehead atoms. The molecular formula is C80H54BBr2N3O2. The lowest BCUT2D eigenvalue weighted by Gasteiger charge is -2.11. The van der Waals surface area contributed by atoms with Crippen molar-refractivity contribution in [3.8, 4) is 61.6 Å². The van der Waals surface area contributed by atoms with Crippen molar-refractivity contribution in [2.24, 2.45) is 0 Å². The van der Waals surface area contributed by atoms with Crippen molar-refractivity contribution in [1.82, 2.24) is 13.7 Å². The molecule has 3 aromatic heterocycles. The van der Waals surface area contributed by atoms with E-state index in [0.717, 1.165) is 38.5 Å². The number of rotatable bonds is 6. The second kappa shape index (κ2) is 22.2. The van der Waals surface area contributed by atoms with E-state index in [1.807, 2.05) is 36.4 Å². The molecule has 2 aliphatic rings. The van der Waals surface area contributed by atoms with Crippen LogP contribution in [-0.4, -0.2) is 30.9 Å². The van der Waals surface area contributed by atoms with Crippen LogP contribution in [0.1, 0.15) is 22.3 Å². The summed E-state index contributed by atoms with van der Waals surface area (Å²) in [5.41, 5.74) is 27.1. The first-order valence-electron chi connectivity index (χ1n) is 29.7. The predicted molar refractivity (Wildman–Crippen MR) is 375 cm³/mol. The van der Waals surface area contributed by atoms with Crippen LogP contribution in [0.3, 0.4) is 0 Å². The van der Waals surface area contributed by atoms with Crippen molar-refractivity contribution in [1.29, 1.82) is 0 Å². The molecule has 418 valence electrons. The van der Waals surface area contributed by atoms with Crippen LogP contribution in [0, 0.1) is 0 Å². The normalized spacial score (nSPS) is 12.0. The number of hydrogen-bond donors (Lipinski definition) is 2. The average molecular weight is 1260 g/mol. The fraction of sp³-hybridized carbons (Fsp3) is 0.0250. The third kappa shape index (κ3) is 9.39. The van der Waals surface area contributed by atoms with Gasteiger partial charge in [-0.25, -0.2) is 0 Å². The molecule has 3 heterocycles. The molecule has 18 rings (SSSR count). The average Bonchev–Trinajstić information content (AvgIpc) is 2.94. The van der Waals surface area contributed by atoms with Gasteiger partial charge in [-0.05, 0) is 194 Å². The van der Waals surface area contributed by atoms with Gasteiger partial charge in [0.15, 0.2) is 0 Å². The molecule has 88 heavy (non-hydrogen) atoms. The fourth-order valence-electron chi connectivity index (χ4n) is 13.6. The van der Waals surface area contributed by atoms with Crippen LogP contribution >= 0.6 is 31.9 Å². The highest BCUT2D eigenvalue weighted by Crippen LogP contribution is 2.43. The molecule has 0 spiro atoms. The zero-order chi connectivity index (χ0) is 59.0. The molecule has 0 unspecified atom stereocenters. The Morgan fingerprint density at radius 2 is 0.511 bits per heavy atom. The summed E-state index contributed by atoms with van der Waals surface area (Å²) < 4.78 is 9.25. The molecule has 13 aromatic carbocycles. The van der Waals surface area contributed by atoms with E-state index in [4.69, 9.17) is 0 Å². The zero-order valence-electron chi connectivity index (χ0n) is 47.7. The van der Waals surface area contributed by atoms with Crippen LogP contribution in [0.25, 0.3) is 127 Å². The summed E-state index contributed by atoms with van der Waals surface area (Å²) in [5, 5.41) is 26.0. The van der Waals surface area contributed by atoms with E-state index in [0.29, 0.717) is 5.46 Å². The highest BCUT2D eigenvalue weighted by atomic mass is 79.9. The molecule has 0 aliphatic heterocycles. The van der Waals surface area contributed by atoms with Crippen molar-refractivity contribution in [2.75, 3.05) is 0 Å². The topological polar surface area (TPSA) is 55.2 Å². The number of halogens is 2. The van der Waals surface area contributed by atoms with Gasteiger partial charge in [-0.2, -0.15) is 0 Å². The van der Waals surface area contributed by atoms with E-state index in [1.54, 1.807) is 12.1 Å². The first-order valence-corrected chi connectivity index (χ1v) is 31.3. The largest absolute Gasteiger partial charge is 0.488 e. The Hall–Kier alpha value is -9.80. The Kier molecular flexibility index (Phi) is 13.5. The Bertz CT molecular complexity index is 4980. The van der Waals surface area contributed by atoms with E-state index >= 15 is 0 Å². The highest BCUT2D eigenvalue weighted by molar-refractivity contribution is 9.10. The van der Waals surface area contributed by atoms with Gasteiger partial charge in [0.05, 0.1) is 33.1 Å². The second-order valence-electron chi connectivity index (χ2n) is 22.9. The quantitative estimate of drug-likeness (QED) is 0.163. The van der Waals surface area contributed by atoms with E-state index < -0.39 is 7.12 Å². The number of benzene rings is 13. The SMILES string of the molecule is Brc1ccc2c(c1)-c1cc(Br)ccc1C2.OB(O)c1ccc(-n2c3ccccc3c3ccccc32)cc1.c1ccc2c(c1)c1ccccc1n2-c1ccc(-c2ccc3c(c2)-c2cc(-c4ccc(-n5c6ccccc6c6ccccc65)cc4)ccc2C3)cc1. The number of nitrogens with zero attached hydrogens (tertiary/aromatic N) is 3. The Labute approximate surface area is 526 Å². The van der Waals surface area contributed by atoms with Crippen LogP contribution in [0.15, 0.2) is 300 Å². The minimum absolute atomic E-state index is 0.490. The van der Waals surface area contributed by atoms with E-state index in [-0.39, 0.29) is 0 Å². The van der Waals surface area contributed by atoms with E-state index in [1.165, 1.54) is 133 Å². The molecule has 8 heteroatoms. The summed E-state index contributed by atoms with van der Waals surface area (Å²) in [4.78, 5) is 0. The Morgan fingerprint density at radius 3 is 0.807 bits per heavy atom. The maximum Gasteiger partial charge on any atom is 0.488 e. The highest BCUT2D eigenvalue weighted by Gasteiger charge is 2.22. The molecule has 5 nitrogen and oxygen atoms in total. The van der Waals surface area contributed by atoms with Gasteiger partial charge in [0.25, 0.3) is 0 Å². The van der Waals surface area contributed by atoms with Gasteiger partial charge in [-0.15, -0.1) is 0 Å². The third-order valence-corrected chi connectivity index (χ3v) is 18.8. The Morgan fingerprint density at radius 1 is 0.261 bits per heavy atom. The number of hydrogen-bond acceptors (Lipinski definition) is 2. The van der Waals surface area contributed by atoms with E-state index in [2.05, 4.69) is 288 Å². The number of para-hydroxylation sites is 6. The number of aromatic nitrogens is 3. The lowest BCUT2D eigenvalue weighted by atomic mass is 9.80. The summed E-state index contributed by atoms with van der Waals surface area (Å²) in [7, 11) is -1.44. The smallest absolute Gasteiger partial charge is 0.423 e. The molecule has 0 atom stereocenters. The number of fused-ring (bicyclic) bond motifs is 15. The van der Waals surface area contributed by atoms with Gasteiger partial charge in [0, 0.05) is 58.3 Å². The third-order valence-electron chi connectivity index (χ3n) is 17.8. The molecular weight excluding hydrogens is 1210 g/mol. The standard InChI is InChI=1S/C49H32N2.C18H14BNO2.C13H8Br2/c1-5-13-46-40(9-1)41-10-2-6-14-47(41)50(46)38-25-21-32(22-26-38)34-17-19-36-29-37-20-18-35(31-45(37)44(36)30-34)33-23-27-39(28-24-33)51-48-15-7-3-11-42(48)43-12-4-8-16-49(43)51;21-19(22)13-9-11-14(12-10-13)20-17-7-3-1-5-15(17)16-6-2-4-8-18(16)20;14-10-3-1-8-5-9-2-4-11(15)7-13(9)12(8)6-10/h1-28,30-31H,29H2;1-12,21-22H;1-4,6-7H,5H2. The molecule has 0 fully saturated rings. The van der Waals surface area contributed by atoms with Gasteiger partial charge in [-0.3, -0.25) is 0 Å². The maximum absolute atomic E-state index is 9.24. The van der Waals surface area contributed by atoms with Crippen LogP contribution in [-0.2, 0) is 12.8 Å². The molecule has 2 N–H and O–H groups in total. The van der Waals surface area contributed by atoms with Crippen molar-refractivity contribution in [3.63, 3.8) is 0 Å². The van der Waals surface area contributed by atoms with Crippen LogP contribution in [0.4, 0.5) is 0 Å². The molecule has 0 radical (unpaired) electrons. The molecule has 16 aromatic rings. The van der Waals surface area contributed by atoms with Crippen molar-refractivity contribution in [3.05, 3.63) is 322 Å².